The van der Waals surface area contributed by atoms with Gasteiger partial charge in [0, 0.05) is 17.4 Å². The van der Waals surface area contributed by atoms with E-state index in [2.05, 4.69) is 26.1 Å². The maximum Gasteiger partial charge on any atom is 0.253 e. The third kappa shape index (κ3) is 5.23. The molecule has 6 heteroatoms. The van der Waals surface area contributed by atoms with Crippen LogP contribution in [-0.2, 0) is 10.2 Å². The van der Waals surface area contributed by atoms with Crippen molar-refractivity contribution in [2.75, 3.05) is 0 Å². The zero-order valence-electron chi connectivity index (χ0n) is 14.8. The molecule has 0 bridgehead atoms. The maximum absolute atomic E-state index is 12.5. The van der Waals surface area contributed by atoms with Crippen LogP contribution in [0.5, 0.6) is 0 Å². The summed E-state index contributed by atoms with van der Waals surface area (Å²) in [7, 11) is 0. The topological polar surface area (TPSA) is 69.2 Å². The number of halogens is 2. The monoisotopic (exact) mass is 392 g/mol. The van der Waals surface area contributed by atoms with E-state index in [0.717, 1.165) is 5.56 Å². The Morgan fingerprint density at radius 2 is 1.69 bits per heavy atom. The molecule has 0 heterocycles. The minimum Gasteiger partial charge on any atom is -0.550 e. The van der Waals surface area contributed by atoms with Crippen molar-refractivity contribution in [3.63, 3.8) is 0 Å². The van der Waals surface area contributed by atoms with Crippen molar-refractivity contribution in [3.05, 3.63) is 69.2 Å². The number of carbonyl (C=O) groups is 2. The number of amides is 1. The fourth-order valence-electron chi connectivity index (χ4n) is 2.54. The lowest BCUT2D eigenvalue weighted by molar-refractivity contribution is -0.306. The van der Waals surface area contributed by atoms with Gasteiger partial charge in [-0.1, -0.05) is 68.2 Å². The van der Waals surface area contributed by atoms with E-state index in [1.807, 2.05) is 24.3 Å². The molecular weight excluding hydrogens is 373 g/mol. The van der Waals surface area contributed by atoms with E-state index < -0.39 is 17.9 Å². The van der Waals surface area contributed by atoms with Crippen molar-refractivity contribution < 1.29 is 14.7 Å². The van der Waals surface area contributed by atoms with Gasteiger partial charge in [-0.05, 0) is 34.7 Å². The van der Waals surface area contributed by atoms with Crippen LogP contribution in [0.2, 0.25) is 10.0 Å². The van der Waals surface area contributed by atoms with Crippen LogP contribution < -0.4 is 10.4 Å². The molecule has 0 aromatic heterocycles. The number of hydrogen-bond donors (Lipinski definition) is 1. The van der Waals surface area contributed by atoms with Crippen molar-refractivity contribution in [2.24, 2.45) is 0 Å². The number of carboxylic acids is 1. The number of hydrogen-bond acceptors (Lipinski definition) is 3. The number of nitrogens with one attached hydrogen (secondary N) is 1. The van der Waals surface area contributed by atoms with Gasteiger partial charge in [0.2, 0.25) is 0 Å². The van der Waals surface area contributed by atoms with E-state index >= 15 is 0 Å². The Bertz CT molecular complexity index is 811. The Hall–Kier alpha value is -2.04. The molecule has 0 saturated heterocycles. The molecule has 0 aliphatic heterocycles. The highest BCUT2D eigenvalue weighted by molar-refractivity contribution is 6.36. The largest absolute Gasteiger partial charge is 0.550 e. The molecule has 0 radical (unpaired) electrons. The van der Waals surface area contributed by atoms with E-state index in [-0.39, 0.29) is 22.4 Å². The third-order valence-corrected chi connectivity index (χ3v) is 4.58. The van der Waals surface area contributed by atoms with Crippen molar-refractivity contribution >= 4 is 35.1 Å². The first-order valence-electron chi connectivity index (χ1n) is 8.14. The molecule has 0 aliphatic rings. The normalized spacial score (nSPS) is 12.5. The molecule has 0 spiro atoms. The lowest BCUT2D eigenvalue weighted by atomic mass is 9.86. The van der Waals surface area contributed by atoms with Gasteiger partial charge in [-0.2, -0.15) is 0 Å². The number of carbonyl (C=O) groups excluding carboxylic acids is 2. The summed E-state index contributed by atoms with van der Waals surface area (Å²) in [4.78, 5) is 23.6. The predicted octanol–water partition coefficient (Wildman–Crippen LogP) is 3.90. The predicted molar refractivity (Wildman–Crippen MR) is 101 cm³/mol. The molecule has 0 aliphatic carbocycles. The van der Waals surface area contributed by atoms with E-state index in [1.54, 1.807) is 6.07 Å². The quantitative estimate of drug-likeness (QED) is 0.838. The van der Waals surface area contributed by atoms with E-state index in [4.69, 9.17) is 23.2 Å². The van der Waals surface area contributed by atoms with E-state index in [9.17, 15) is 14.7 Å². The van der Waals surface area contributed by atoms with Crippen molar-refractivity contribution in [1.29, 1.82) is 0 Å². The summed E-state index contributed by atoms with van der Waals surface area (Å²) in [5, 5.41) is 14.5. The van der Waals surface area contributed by atoms with Gasteiger partial charge < -0.3 is 15.2 Å². The zero-order valence-corrected chi connectivity index (χ0v) is 16.3. The van der Waals surface area contributed by atoms with Crippen molar-refractivity contribution in [2.45, 2.75) is 38.6 Å². The highest BCUT2D eigenvalue weighted by Gasteiger charge is 2.19. The first-order valence-corrected chi connectivity index (χ1v) is 8.89. The molecule has 1 N–H and O–H groups in total. The van der Waals surface area contributed by atoms with Crippen LogP contribution in [-0.4, -0.2) is 11.9 Å². The Balaban J connectivity index is 2.27. The molecule has 1 amide bonds. The number of aliphatic carboxylic acids is 1. The zero-order chi connectivity index (χ0) is 19.5. The summed E-state index contributed by atoms with van der Waals surface area (Å²) in [6.45, 7) is 6.26. The van der Waals surface area contributed by atoms with Gasteiger partial charge in [0.1, 0.15) is 0 Å². The first kappa shape index (κ1) is 20.3. The van der Waals surface area contributed by atoms with Crippen LogP contribution >= 0.6 is 23.2 Å². The average molecular weight is 393 g/mol. The van der Waals surface area contributed by atoms with Gasteiger partial charge in [-0.15, -0.1) is 0 Å². The minimum absolute atomic E-state index is 0.0253. The lowest BCUT2D eigenvalue weighted by Crippen LogP contribution is -2.34. The molecule has 2 aromatic carbocycles. The Morgan fingerprint density at radius 1 is 1.08 bits per heavy atom. The van der Waals surface area contributed by atoms with Gasteiger partial charge in [-0.25, -0.2) is 0 Å². The van der Waals surface area contributed by atoms with Gasteiger partial charge >= 0.3 is 0 Å². The van der Waals surface area contributed by atoms with Crippen molar-refractivity contribution in [1.82, 2.24) is 5.32 Å². The molecule has 2 aromatic rings. The molecule has 0 fully saturated rings. The Kier molecular flexibility index (Phi) is 6.32. The first-order chi connectivity index (χ1) is 12.1. The number of rotatable bonds is 5. The molecule has 4 nitrogen and oxygen atoms in total. The second-order valence-corrected chi connectivity index (χ2v) is 7.94. The van der Waals surface area contributed by atoms with Crippen LogP contribution in [0.25, 0.3) is 0 Å². The summed E-state index contributed by atoms with van der Waals surface area (Å²) >= 11 is 11.9. The summed E-state index contributed by atoms with van der Waals surface area (Å²) in [6.07, 6.45) is -0.341. The van der Waals surface area contributed by atoms with Crippen LogP contribution in [0.15, 0.2) is 42.5 Å². The Morgan fingerprint density at radius 3 is 2.19 bits per heavy atom. The van der Waals surface area contributed by atoms with Crippen molar-refractivity contribution in [3.8, 4) is 0 Å². The highest BCUT2D eigenvalue weighted by atomic mass is 35.5. The van der Waals surface area contributed by atoms with Gasteiger partial charge in [0.05, 0.1) is 16.6 Å². The van der Waals surface area contributed by atoms with Gasteiger partial charge in [0.25, 0.3) is 5.91 Å². The average Bonchev–Trinajstić information content (AvgIpc) is 2.53. The van der Waals surface area contributed by atoms with Crippen LogP contribution in [0.4, 0.5) is 0 Å². The second kappa shape index (κ2) is 8.11. The summed E-state index contributed by atoms with van der Waals surface area (Å²) in [5.41, 5.74) is 1.99. The summed E-state index contributed by atoms with van der Waals surface area (Å²) in [5.74, 6) is -1.73. The number of carboxylic acid groups (broad SMARTS) is 1. The van der Waals surface area contributed by atoms with Crippen LogP contribution in [0.1, 0.15) is 54.7 Å². The highest BCUT2D eigenvalue weighted by Crippen LogP contribution is 2.26. The minimum atomic E-state index is -1.25. The van der Waals surface area contributed by atoms with E-state index in [0.29, 0.717) is 10.6 Å². The van der Waals surface area contributed by atoms with Crippen LogP contribution in [0, 0.1) is 0 Å². The van der Waals surface area contributed by atoms with Gasteiger partial charge in [0.15, 0.2) is 0 Å². The maximum atomic E-state index is 12.5. The molecule has 138 valence electrons. The van der Waals surface area contributed by atoms with Crippen LogP contribution in [0.3, 0.4) is 0 Å². The summed E-state index contributed by atoms with van der Waals surface area (Å²) in [6, 6.07) is 11.3. The second-order valence-electron chi connectivity index (χ2n) is 7.10. The number of benzene rings is 2. The molecular formula is C20H20Cl2NO3-. The smallest absolute Gasteiger partial charge is 0.253 e. The fraction of sp³-hybridized carbons (Fsp3) is 0.300. The SMILES string of the molecule is CC(C)(C)c1ccc([C@@H](CC(=O)[O-])NC(=O)c2ccc(Cl)cc2Cl)cc1. The van der Waals surface area contributed by atoms with Gasteiger partial charge in [-0.3, -0.25) is 4.79 Å². The standard InChI is InChI=1S/C20H21Cl2NO3/c1-20(2,3)13-6-4-12(5-7-13)17(11-18(24)25)23-19(26)15-9-8-14(21)10-16(15)22/h4-10,17H,11H2,1-3H3,(H,23,26)(H,24,25)/p-1/t17-/m1/s1. The summed E-state index contributed by atoms with van der Waals surface area (Å²) < 4.78 is 0. The van der Waals surface area contributed by atoms with E-state index in [1.165, 1.54) is 12.1 Å². The lowest BCUT2D eigenvalue weighted by Gasteiger charge is -2.23. The molecule has 0 unspecified atom stereocenters. The molecule has 1 atom stereocenters. The molecule has 26 heavy (non-hydrogen) atoms. The fourth-order valence-corrected chi connectivity index (χ4v) is 3.04. The molecule has 0 saturated carbocycles. The molecule has 2 rings (SSSR count). The Labute approximate surface area is 163 Å². The third-order valence-electron chi connectivity index (χ3n) is 4.03.